The Bertz CT molecular complexity index is 714. The van der Waals surface area contributed by atoms with Crippen molar-refractivity contribution in [1.29, 1.82) is 5.26 Å². The Morgan fingerprint density at radius 1 is 1.33 bits per heavy atom. The number of para-hydroxylation sites is 1. The maximum absolute atomic E-state index is 11.3. The van der Waals surface area contributed by atoms with Gasteiger partial charge in [-0.05, 0) is 32.0 Å². The van der Waals surface area contributed by atoms with E-state index in [0.29, 0.717) is 18.8 Å². The standard InChI is InChI=1S/C17H17NO2S/c1-12-7-8-15(21-12)16(2,19)17(11-18)9-10-20-14-6-4-3-5-13(14)17/h3-8,19H,9-10H2,1-2H3. The molecule has 0 saturated carbocycles. The third-order valence-electron chi connectivity index (χ3n) is 4.32. The van der Waals surface area contributed by atoms with Gasteiger partial charge in [-0.1, -0.05) is 18.2 Å². The topological polar surface area (TPSA) is 53.2 Å². The minimum atomic E-state index is -1.25. The quantitative estimate of drug-likeness (QED) is 0.923. The fraction of sp³-hybridized carbons (Fsp3) is 0.353. The van der Waals surface area contributed by atoms with Gasteiger partial charge in [0, 0.05) is 21.7 Å². The van der Waals surface area contributed by atoms with Gasteiger partial charge in [0.25, 0.3) is 0 Å². The van der Waals surface area contributed by atoms with Gasteiger partial charge in [0.05, 0.1) is 12.7 Å². The number of ether oxygens (including phenoxy) is 1. The van der Waals surface area contributed by atoms with Crippen molar-refractivity contribution < 1.29 is 9.84 Å². The van der Waals surface area contributed by atoms with Gasteiger partial charge in [-0.2, -0.15) is 5.26 Å². The first kappa shape index (κ1) is 14.1. The van der Waals surface area contributed by atoms with Crippen LogP contribution in [0.3, 0.4) is 0 Å². The molecule has 0 amide bonds. The number of hydrogen-bond donors (Lipinski definition) is 1. The van der Waals surface area contributed by atoms with Crippen LogP contribution in [-0.4, -0.2) is 11.7 Å². The van der Waals surface area contributed by atoms with Crippen molar-refractivity contribution >= 4 is 11.3 Å². The molecular formula is C17H17NO2S. The molecular weight excluding hydrogens is 282 g/mol. The molecule has 2 aromatic rings. The van der Waals surface area contributed by atoms with Gasteiger partial charge in [-0.15, -0.1) is 11.3 Å². The number of hydrogen-bond acceptors (Lipinski definition) is 4. The minimum absolute atomic E-state index is 0.436. The van der Waals surface area contributed by atoms with Crippen LogP contribution in [0.1, 0.15) is 28.7 Å². The van der Waals surface area contributed by atoms with Crippen LogP contribution in [-0.2, 0) is 11.0 Å². The Morgan fingerprint density at radius 2 is 2.10 bits per heavy atom. The number of aliphatic hydroxyl groups is 1. The summed E-state index contributed by atoms with van der Waals surface area (Å²) in [5.41, 5.74) is -1.46. The molecule has 2 atom stereocenters. The number of fused-ring (bicyclic) bond motifs is 1. The summed E-state index contributed by atoms with van der Waals surface area (Å²) in [6.07, 6.45) is 0.477. The Morgan fingerprint density at radius 3 is 2.76 bits per heavy atom. The number of thiophene rings is 1. The maximum atomic E-state index is 11.3. The molecule has 21 heavy (non-hydrogen) atoms. The van der Waals surface area contributed by atoms with Crippen molar-refractivity contribution in [2.45, 2.75) is 31.3 Å². The molecule has 1 aliphatic heterocycles. The highest BCUT2D eigenvalue weighted by Gasteiger charge is 2.53. The second kappa shape index (κ2) is 4.87. The van der Waals surface area contributed by atoms with Gasteiger partial charge in [0.15, 0.2) is 0 Å². The van der Waals surface area contributed by atoms with Gasteiger partial charge in [0.1, 0.15) is 16.8 Å². The first-order chi connectivity index (χ1) is 10.0. The average Bonchev–Trinajstić information content (AvgIpc) is 2.93. The fourth-order valence-corrected chi connectivity index (χ4v) is 4.02. The predicted octanol–water partition coefficient (Wildman–Crippen LogP) is 3.51. The molecule has 2 unspecified atom stereocenters. The lowest BCUT2D eigenvalue weighted by Gasteiger charge is -2.43. The third-order valence-corrected chi connectivity index (χ3v) is 5.54. The summed E-state index contributed by atoms with van der Waals surface area (Å²) in [4.78, 5) is 1.94. The van der Waals surface area contributed by atoms with Crippen LogP contribution < -0.4 is 4.74 Å². The molecule has 3 nitrogen and oxygen atoms in total. The normalized spacial score (nSPS) is 23.5. The van der Waals surface area contributed by atoms with Crippen LogP contribution in [0.15, 0.2) is 36.4 Å². The lowest BCUT2D eigenvalue weighted by molar-refractivity contribution is -0.0176. The van der Waals surface area contributed by atoms with E-state index in [0.717, 1.165) is 15.3 Å². The second-order valence-electron chi connectivity index (χ2n) is 5.59. The average molecular weight is 299 g/mol. The van der Waals surface area contributed by atoms with Crippen molar-refractivity contribution in [2.75, 3.05) is 6.61 Å². The van der Waals surface area contributed by atoms with E-state index in [9.17, 15) is 10.4 Å². The lowest BCUT2D eigenvalue weighted by Crippen LogP contribution is -2.48. The molecule has 2 heterocycles. The fourth-order valence-electron chi connectivity index (χ4n) is 3.03. The summed E-state index contributed by atoms with van der Waals surface area (Å²) in [6.45, 7) is 4.18. The molecule has 1 aromatic carbocycles. The molecule has 0 bridgehead atoms. The van der Waals surface area contributed by atoms with E-state index in [-0.39, 0.29) is 0 Å². The van der Waals surface area contributed by atoms with Crippen molar-refractivity contribution in [3.63, 3.8) is 0 Å². The zero-order valence-corrected chi connectivity index (χ0v) is 12.9. The van der Waals surface area contributed by atoms with E-state index in [1.807, 2.05) is 43.3 Å². The maximum Gasteiger partial charge on any atom is 0.124 e. The van der Waals surface area contributed by atoms with E-state index >= 15 is 0 Å². The van der Waals surface area contributed by atoms with Crippen LogP contribution in [0.25, 0.3) is 0 Å². The molecule has 4 heteroatoms. The molecule has 0 saturated heterocycles. The summed E-state index contributed by atoms with van der Waals surface area (Å²) in [7, 11) is 0. The Balaban J connectivity index is 2.21. The van der Waals surface area contributed by atoms with E-state index in [1.165, 1.54) is 11.3 Å². The third kappa shape index (κ3) is 1.97. The molecule has 3 rings (SSSR count). The van der Waals surface area contributed by atoms with Crippen LogP contribution in [0.5, 0.6) is 5.75 Å². The second-order valence-corrected chi connectivity index (χ2v) is 6.88. The summed E-state index contributed by atoms with van der Waals surface area (Å²) in [5.74, 6) is 0.693. The van der Waals surface area contributed by atoms with Crippen molar-refractivity contribution in [3.05, 3.63) is 51.7 Å². The smallest absolute Gasteiger partial charge is 0.124 e. The zero-order chi connectivity index (χ0) is 15.1. The van der Waals surface area contributed by atoms with Crippen LogP contribution in [0, 0.1) is 18.3 Å². The van der Waals surface area contributed by atoms with Gasteiger partial charge in [-0.3, -0.25) is 0 Å². The molecule has 1 N–H and O–H groups in total. The summed E-state index contributed by atoms with van der Waals surface area (Å²) in [5, 5.41) is 21.2. The van der Waals surface area contributed by atoms with Gasteiger partial charge >= 0.3 is 0 Å². The molecule has 0 aliphatic carbocycles. The van der Waals surface area contributed by atoms with Gasteiger partial charge < -0.3 is 9.84 Å². The van der Waals surface area contributed by atoms with Crippen molar-refractivity contribution in [1.82, 2.24) is 0 Å². The van der Waals surface area contributed by atoms with Crippen LogP contribution in [0.4, 0.5) is 0 Å². The molecule has 1 aromatic heterocycles. The number of nitriles is 1. The summed E-state index contributed by atoms with van der Waals surface area (Å²) < 4.78 is 5.66. The van der Waals surface area contributed by atoms with E-state index in [1.54, 1.807) is 6.92 Å². The van der Waals surface area contributed by atoms with Crippen LogP contribution >= 0.6 is 11.3 Å². The molecule has 0 radical (unpaired) electrons. The minimum Gasteiger partial charge on any atom is -0.493 e. The number of aryl methyl sites for hydroxylation is 1. The first-order valence-electron chi connectivity index (χ1n) is 6.94. The largest absolute Gasteiger partial charge is 0.493 e. The Labute approximate surface area is 128 Å². The van der Waals surface area contributed by atoms with E-state index in [2.05, 4.69) is 6.07 Å². The van der Waals surface area contributed by atoms with Crippen LogP contribution in [0.2, 0.25) is 0 Å². The highest BCUT2D eigenvalue weighted by Crippen LogP contribution is 2.51. The highest BCUT2D eigenvalue weighted by molar-refractivity contribution is 7.12. The van der Waals surface area contributed by atoms with E-state index in [4.69, 9.17) is 4.74 Å². The van der Waals surface area contributed by atoms with Gasteiger partial charge in [0.2, 0.25) is 0 Å². The summed E-state index contributed by atoms with van der Waals surface area (Å²) >= 11 is 1.53. The number of benzene rings is 1. The van der Waals surface area contributed by atoms with E-state index < -0.39 is 11.0 Å². The Kier molecular flexibility index (Phi) is 3.27. The summed E-state index contributed by atoms with van der Waals surface area (Å²) in [6, 6.07) is 13.8. The highest BCUT2D eigenvalue weighted by atomic mass is 32.1. The molecule has 1 aliphatic rings. The number of nitrogens with zero attached hydrogens (tertiary/aromatic N) is 1. The van der Waals surface area contributed by atoms with Crippen molar-refractivity contribution in [2.24, 2.45) is 0 Å². The molecule has 108 valence electrons. The molecule has 0 fully saturated rings. The Hall–Kier alpha value is -1.83. The number of rotatable bonds is 2. The molecule has 0 spiro atoms. The van der Waals surface area contributed by atoms with Crippen molar-refractivity contribution in [3.8, 4) is 11.8 Å². The lowest BCUT2D eigenvalue weighted by atomic mass is 9.65. The predicted molar refractivity (Wildman–Crippen MR) is 82.5 cm³/mol. The first-order valence-corrected chi connectivity index (χ1v) is 7.76. The SMILES string of the molecule is Cc1ccc(C(C)(O)C2(C#N)CCOc3ccccc32)s1. The van der Waals surface area contributed by atoms with Gasteiger partial charge in [-0.25, -0.2) is 0 Å². The monoisotopic (exact) mass is 299 g/mol. The zero-order valence-electron chi connectivity index (χ0n) is 12.1.